The number of nitrogens with one attached hydrogen (secondary N) is 1. The predicted octanol–water partition coefficient (Wildman–Crippen LogP) is 3.51. The van der Waals surface area contributed by atoms with Gasteiger partial charge < -0.3 is 5.32 Å². The number of hydrogen-bond donors (Lipinski definition) is 1. The molecule has 0 aliphatic rings. The number of rotatable bonds is 6. The molecule has 0 aliphatic carbocycles. The van der Waals surface area contributed by atoms with Gasteiger partial charge in [0.25, 0.3) is 0 Å². The zero-order chi connectivity index (χ0) is 11.1. The summed E-state index contributed by atoms with van der Waals surface area (Å²) in [5, 5.41) is 3.87. The maximum absolute atomic E-state index is 5.94. The number of anilines is 1. The minimum atomic E-state index is 0.406. The maximum Gasteiger partial charge on any atom is 0.148 e. The third kappa shape index (κ3) is 4.47. The molecule has 0 fully saturated rings. The summed E-state index contributed by atoms with van der Waals surface area (Å²) in [6.45, 7) is 4.35. The zero-order valence-corrected chi connectivity index (χ0v) is 10.1. The first-order valence-electron chi connectivity index (χ1n) is 5.46. The van der Waals surface area contributed by atoms with Gasteiger partial charge in [-0.2, -0.15) is 0 Å². The van der Waals surface area contributed by atoms with Crippen LogP contribution in [0.2, 0.25) is 5.02 Å². The molecule has 1 atom stereocenters. The third-order valence-corrected chi connectivity index (χ3v) is 2.57. The van der Waals surface area contributed by atoms with Gasteiger partial charge in [-0.1, -0.05) is 37.8 Å². The first-order chi connectivity index (χ1) is 7.24. The second kappa shape index (κ2) is 6.62. The Labute approximate surface area is 96.3 Å². The van der Waals surface area contributed by atoms with Gasteiger partial charge in [-0.3, -0.25) is 0 Å². The summed E-state index contributed by atoms with van der Waals surface area (Å²) >= 11 is 5.94. The predicted molar refractivity (Wildman–Crippen MR) is 64.3 cm³/mol. The van der Waals surface area contributed by atoms with E-state index < -0.39 is 0 Å². The summed E-state index contributed by atoms with van der Waals surface area (Å²) in [7, 11) is 0. The Bertz CT molecular complexity index is 291. The normalized spacial score (nSPS) is 12.5. The molecule has 0 saturated heterocycles. The molecule has 0 spiro atoms. The average molecular weight is 228 g/mol. The van der Waals surface area contributed by atoms with E-state index in [0.717, 1.165) is 12.2 Å². The van der Waals surface area contributed by atoms with Gasteiger partial charge in [0.15, 0.2) is 0 Å². The molecule has 15 heavy (non-hydrogen) atoms. The van der Waals surface area contributed by atoms with Crippen molar-refractivity contribution in [2.45, 2.75) is 45.6 Å². The quantitative estimate of drug-likeness (QED) is 0.756. The van der Waals surface area contributed by atoms with Crippen LogP contribution in [0.15, 0.2) is 12.5 Å². The molecule has 0 bridgehead atoms. The van der Waals surface area contributed by atoms with Gasteiger partial charge in [0.1, 0.15) is 17.2 Å². The van der Waals surface area contributed by atoms with Crippen LogP contribution in [0.4, 0.5) is 5.82 Å². The average Bonchev–Trinajstić information content (AvgIpc) is 2.22. The first kappa shape index (κ1) is 12.2. The summed E-state index contributed by atoms with van der Waals surface area (Å²) in [6, 6.07) is 0.406. The minimum absolute atomic E-state index is 0.406. The molecule has 0 aliphatic heterocycles. The fourth-order valence-corrected chi connectivity index (χ4v) is 1.58. The molecule has 3 nitrogen and oxygen atoms in total. The molecule has 0 amide bonds. The topological polar surface area (TPSA) is 37.8 Å². The van der Waals surface area contributed by atoms with Crippen molar-refractivity contribution in [3.63, 3.8) is 0 Å². The van der Waals surface area contributed by atoms with E-state index in [0.29, 0.717) is 11.1 Å². The lowest BCUT2D eigenvalue weighted by Gasteiger charge is -2.14. The molecule has 1 heterocycles. The number of hydrogen-bond acceptors (Lipinski definition) is 3. The molecule has 0 aromatic carbocycles. The SMILES string of the molecule is CCCCCC(C)Nc1ncncc1Cl. The van der Waals surface area contributed by atoms with Crippen molar-refractivity contribution in [2.24, 2.45) is 0 Å². The van der Waals surface area contributed by atoms with Gasteiger partial charge in [-0.05, 0) is 13.3 Å². The molecule has 84 valence electrons. The molecule has 1 aromatic rings. The summed E-state index contributed by atoms with van der Waals surface area (Å²) < 4.78 is 0. The standard InChI is InChI=1S/C11H18ClN3/c1-3-4-5-6-9(2)15-11-10(12)7-13-8-14-11/h7-9H,3-6H2,1-2H3,(H,13,14,15). The van der Waals surface area contributed by atoms with Gasteiger partial charge in [-0.15, -0.1) is 0 Å². The van der Waals surface area contributed by atoms with Crippen molar-refractivity contribution in [2.75, 3.05) is 5.32 Å². The Kier molecular flexibility index (Phi) is 5.40. The summed E-state index contributed by atoms with van der Waals surface area (Å²) in [4.78, 5) is 7.94. The zero-order valence-electron chi connectivity index (χ0n) is 9.33. The Morgan fingerprint density at radius 1 is 1.47 bits per heavy atom. The Balaban J connectivity index is 2.37. The van der Waals surface area contributed by atoms with Crippen LogP contribution in [0.5, 0.6) is 0 Å². The lowest BCUT2D eigenvalue weighted by atomic mass is 10.1. The van der Waals surface area contributed by atoms with Crippen LogP contribution < -0.4 is 5.32 Å². The van der Waals surface area contributed by atoms with Crippen LogP contribution >= 0.6 is 11.6 Å². The highest BCUT2D eigenvalue weighted by molar-refractivity contribution is 6.32. The lowest BCUT2D eigenvalue weighted by Crippen LogP contribution is -2.16. The molecule has 1 unspecified atom stereocenters. The highest BCUT2D eigenvalue weighted by atomic mass is 35.5. The van der Waals surface area contributed by atoms with E-state index in [1.54, 1.807) is 6.20 Å². The molecular formula is C11H18ClN3. The van der Waals surface area contributed by atoms with Crippen molar-refractivity contribution in [1.82, 2.24) is 9.97 Å². The van der Waals surface area contributed by atoms with Gasteiger partial charge in [0.05, 0.1) is 6.20 Å². The van der Waals surface area contributed by atoms with E-state index in [-0.39, 0.29) is 0 Å². The van der Waals surface area contributed by atoms with Crippen molar-refractivity contribution >= 4 is 17.4 Å². The summed E-state index contributed by atoms with van der Waals surface area (Å²) in [5.74, 6) is 0.732. The molecule has 0 radical (unpaired) electrons. The largest absolute Gasteiger partial charge is 0.366 e. The van der Waals surface area contributed by atoms with Crippen LogP contribution in [0.1, 0.15) is 39.5 Å². The minimum Gasteiger partial charge on any atom is -0.366 e. The van der Waals surface area contributed by atoms with Crippen molar-refractivity contribution in [1.29, 1.82) is 0 Å². The van der Waals surface area contributed by atoms with Crippen LogP contribution in [-0.4, -0.2) is 16.0 Å². The van der Waals surface area contributed by atoms with Crippen LogP contribution in [0.3, 0.4) is 0 Å². The Hall–Kier alpha value is -0.830. The van der Waals surface area contributed by atoms with Crippen molar-refractivity contribution < 1.29 is 0 Å². The van der Waals surface area contributed by atoms with E-state index in [1.165, 1.54) is 25.6 Å². The monoisotopic (exact) mass is 227 g/mol. The summed E-state index contributed by atoms with van der Waals surface area (Å²) in [6.07, 6.45) is 8.04. The van der Waals surface area contributed by atoms with Crippen molar-refractivity contribution in [3.05, 3.63) is 17.5 Å². The molecule has 1 aromatic heterocycles. The highest BCUT2D eigenvalue weighted by Gasteiger charge is 2.05. The van der Waals surface area contributed by atoms with E-state index >= 15 is 0 Å². The number of halogens is 1. The van der Waals surface area contributed by atoms with Gasteiger partial charge in [-0.25, -0.2) is 9.97 Å². The third-order valence-electron chi connectivity index (χ3n) is 2.29. The molecular weight excluding hydrogens is 210 g/mol. The van der Waals surface area contributed by atoms with Gasteiger partial charge in [0.2, 0.25) is 0 Å². The number of aromatic nitrogens is 2. The molecule has 0 saturated carbocycles. The number of unbranched alkanes of at least 4 members (excludes halogenated alkanes) is 2. The first-order valence-corrected chi connectivity index (χ1v) is 5.84. The van der Waals surface area contributed by atoms with E-state index in [1.807, 2.05) is 0 Å². The van der Waals surface area contributed by atoms with Crippen LogP contribution in [0, 0.1) is 0 Å². The fraction of sp³-hybridized carbons (Fsp3) is 0.636. The Morgan fingerprint density at radius 3 is 2.93 bits per heavy atom. The second-order valence-electron chi connectivity index (χ2n) is 3.76. The highest BCUT2D eigenvalue weighted by Crippen LogP contribution is 2.18. The lowest BCUT2D eigenvalue weighted by molar-refractivity contribution is 0.613. The van der Waals surface area contributed by atoms with Crippen LogP contribution in [0.25, 0.3) is 0 Å². The second-order valence-corrected chi connectivity index (χ2v) is 4.17. The summed E-state index contributed by atoms with van der Waals surface area (Å²) in [5.41, 5.74) is 0. The van der Waals surface area contributed by atoms with Gasteiger partial charge in [0, 0.05) is 6.04 Å². The molecule has 1 rings (SSSR count). The Morgan fingerprint density at radius 2 is 2.27 bits per heavy atom. The van der Waals surface area contributed by atoms with Crippen molar-refractivity contribution in [3.8, 4) is 0 Å². The number of nitrogens with zero attached hydrogens (tertiary/aromatic N) is 2. The molecule has 4 heteroatoms. The van der Waals surface area contributed by atoms with Crippen LogP contribution in [-0.2, 0) is 0 Å². The fourth-order valence-electron chi connectivity index (χ4n) is 1.42. The maximum atomic E-state index is 5.94. The smallest absolute Gasteiger partial charge is 0.148 e. The molecule has 1 N–H and O–H groups in total. The van der Waals surface area contributed by atoms with Gasteiger partial charge >= 0.3 is 0 Å². The van der Waals surface area contributed by atoms with E-state index in [2.05, 4.69) is 29.1 Å². The van der Waals surface area contributed by atoms with E-state index in [4.69, 9.17) is 11.6 Å². The van der Waals surface area contributed by atoms with E-state index in [9.17, 15) is 0 Å².